The van der Waals surface area contributed by atoms with E-state index < -0.39 is 14.9 Å². The molecule has 1 aliphatic rings. The van der Waals surface area contributed by atoms with Gasteiger partial charge in [0.1, 0.15) is 24.0 Å². The molecular formula is C67H66N4OSi. The van der Waals surface area contributed by atoms with Gasteiger partial charge in [0.05, 0.1) is 22.4 Å². The number of ether oxygens (including phenoxy) is 1. The average molecular weight is 974 g/mol. The molecule has 0 aliphatic carbocycles. The third-order valence-electron chi connectivity index (χ3n) is 14.8. The van der Waals surface area contributed by atoms with E-state index in [1.807, 2.05) is 30.5 Å². The molecule has 11 rings (SSSR count). The third-order valence-corrected chi connectivity index (χ3v) is 19.6. The number of hydrogen-bond acceptors (Lipinski definition) is 4. The monoisotopic (exact) mass is 974 g/mol. The highest BCUT2D eigenvalue weighted by atomic mass is 28.3. The molecule has 0 unspecified atom stereocenters. The quantitative estimate of drug-likeness (QED) is 0.107. The number of para-hydroxylation sites is 1. The number of rotatable bonds is 9. The molecule has 5 nitrogen and oxygen atoms in total. The predicted molar refractivity (Wildman–Crippen MR) is 312 cm³/mol. The molecule has 0 spiro atoms. The number of pyridine rings is 1. The number of hydrogen-bond donors (Lipinski definition) is 0. The summed E-state index contributed by atoms with van der Waals surface area (Å²) in [6, 6.07) is 71.6. The van der Waals surface area contributed by atoms with Gasteiger partial charge in [-0.1, -0.05) is 190 Å². The topological polar surface area (TPSA) is 33.5 Å². The van der Waals surface area contributed by atoms with E-state index in [1.165, 1.54) is 37.4 Å². The molecular weight excluding hydrogens is 905 g/mol. The van der Waals surface area contributed by atoms with E-state index in [2.05, 4.69) is 247 Å². The predicted octanol–water partition coefficient (Wildman–Crippen LogP) is 14.8. The molecule has 6 heteroatoms. The smallest absolute Gasteiger partial charge is 0.179 e. The van der Waals surface area contributed by atoms with Gasteiger partial charge in [-0.15, -0.1) is 0 Å². The minimum atomic E-state index is -2.85. The van der Waals surface area contributed by atoms with Crippen molar-refractivity contribution in [2.24, 2.45) is 0 Å². The number of aromatic nitrogens is 2. The van der Waals surface area contributed by atoms with Gasteiger partial charge in [0.15, 0.2) is 8.07 Å². The Hall–Kier alpha value is -7.67. The molecule has 0 radical (unpaired) electrons. The van der Waals surface area contributed by atoms with Gasteiger partial charge in [0, 0.05) is 44.6 Å². The Bertz CT molecular complexity index is 3650. The van der Waals surface area contributed by atoms with E-state index >= 15 is 0 Å². The lowest BCUT2D eigenvalue weighted by atomic mass is 9.80. The van der Waals surface area contributed by atoms with Crippen LogP contribution < -0.4 is 35.3 Å². The van der Waals surface area contributed by atoms with Crippen molar-refractivity contribution < 1.29 is 8.85 Å². The molecule has 0 atom stereocenters. The second kappa shape index (κ2) is 18.1. The molecule has 2 aromatic heterocycles. The zero-order chi connectivity index (χ0) is 53.4. The first-order chi connectivity index (χ1) is 36.2. The van der Waals surface area contributed by atoms with Gasteiger partial charge in [-0.25, -0.2) is 4.98 Å². The van der Waals surface area contributed by atoms with Gasteiger partial charge >= 0.3 is 0 Å². The normalized spacial score (nSPS) is 14.0. The van der Waals surface area contributed by atoms with E-state index in [-0.39, 0.29) is 16.2 Å². The summed E-state index contributed by atoms with van der Waals surface area (Å²) in [4.78, 5) is 9.45. The van der Waals surface area contributed by atoms with Crippen LogP contribution in [0.5, 0.6) is 11.5 Å². The van der Waals surface area contributed by atoms with Gasteiger partial charge < -0.3 is 14.5 Å². The molecule has 1 aliphatic heterocycles. The molecule has 364 valence electrons. The maximum atomic E-state index is 8.72. The van der Waals surface area contributed by atoms with Gasteiger partial charge in [0.2, 0.25) is 0 Å². The summed E-state index contributed by atoms with van der Waals surface area (Å²) < 4.78 is 35.4. The molecule has 0 bridgehead atoms. The number of benzene rings is 8. The minimum Gasteiger partial charge on any atom is -0.457 e. The van der Waals surface area contributed by atoms with Crippen LogP contribution in [0.15, 0.2) is 206 Å². The van der Waals surface area contributed by atoms with Gasteiger partial charge in [-0.2, -0.15) is 0 Å². The molecule has 0 amide bonds. The molecule has 3 heterocycles. The molecule has 0 fully saturated rings. The SMILES string of the molecule is [2H]C([2H])([2H])c1cccc2c1N(c1cc(C(C)(C)C)cc(C(C)(C)C)c1)CN2c1cccc(Oc2ccc3c4cc([Si](c5ccccc5)(c5ccccc5)c5ccccc5)ccc4n(-c4cc(C(C)(C)C)ccn4)c3c2)c1. The van der Waals surface area contributed by atoms with Crippen molar-refractivity contribution in [3.63, 3.8) is 0 Å². The number of fused-ring (bicyclic) bond motifs is 4. The van der Waals surface area contributed by atoms with Gasteiger partial charge in [0.25, 0.3) is 0 Å². The summed E-state index contributed by atoms with van der Waals surface area (Å²) in [6.45, 7) is 18.2. The molecule has 8 aromatic carbocycles. The Balaban J connectivity index is 1.04. The maximum absolute atomic E-state index is 8.72. The third kappa shape index (κ3) is 8.61. The van der Waals surface area contributed by atoms with E-state index in [9.17, 15) is 0 Å². The van der Waals surface area contributed by atoms with Crippen LogP contribution in [-0.2, 0) is 16.2 Å². The minimum absolute atomic E-state index is 0.0950. The fourth-order valence-electron chi connectivity index (χ4n) is 10.9. The fraction of sp³-hybridized carbons (Fsp3) is 0.209. The van der Waals surface area contributed by atoms with Crippen molar-refractivity contribution in [1.29, 1.82) is 0 Å². The standard InChI is InChI=1S/C67H66N4OSi/c1-46-22-20-31-61-64(46)70(51-39-48(66(5,6)7)38-49(40-51)67(8,9)10)45-69(61)50-23-21-24-52(42-50)72-53-32-34-58-59-44-57(33-35-60(59)71(62(58)43-53)63-41-47(36-37-68-63)65(2,3)4)73(54-25-14-11-15-26-54,55-27-16-12-17-28-55)56-29-18-13-19-30-56/h11-44H,45H2,1-10H3/i1D3. The Morgan fingerprint density at radius 1 is 0.466 bits per heavy atom. The van der Waals surface area contributed by atoms with Crippen LogP contribution in [0, 0.1) is 6.85 Å². The van der Waals surface area contributed by atoms with Gasteiger partial charge in [-0.3, -0.25) is 4.57 Å². The summed E-state index contributed by atoms with van der Waals surface area (Å²) in [5.74, 6) is 2.19. The van der Waals surface area contributed by atoms with Crippen LogP contribution in [-0.4, -0.2) is 24.3 Å². The van der Waals surface area contributed by atoms with Crippen molar-refractivity contribution in [3.8, 4) is 17.3 Å². The first-order valence-corrected chi connectivity index (χ1v) is 27.5. The average Bonchev–Trinajstić information content (AvgIpc) is 3.98. The summed E-state index contributed by atoms with van der Waals surface area (Å²) in [5.41, 5.74) is 9.01. The zero-order valence-corrected chi connectivity index (χ0v) is 44.5. The van der Waals surface area contributed by atoms with Crippen molar-refractivity contribution in [2.75, 3.05) is 16.5 Å². The van der Waals surface area contributed by atoms with Crippen LogP contribution in [0.3, 0.4) is 0 Å². The van der Waals surface area contributed by atoms with Crippen molar-refractivity contribution >= 4 is 73.4 Å². The fourth-order valence-corrected chi connectivity index (χ4v) is 15.6. The maximum Gasteiger partial charge on any atom is 0.179 e. The summed E-state index contributed by atoms with van der Waals surface area (Å²) in [6.07, 6.45) is 1.93. The Morgan fingerprint density at radius 2 is 1.07 bits per heavy atom. The highest BCUT2D eigenvalue weighted by Crippen LogP contribution is 2.48. The summed E-state index contributed by atoms with van der Waals surface area (Å²) in [7, 11) is -2.85. The second-order valence-corrected chi connectivity index (χ2v) is 26.6. The lowest BCUT2D eigenvalue weighted by Gasteiger charge is -2.34. The summed E-state index contributed by atoms with van der Waals surface area (Å²) in [5, 5.41) is 7.49. The Labute approximate surface area is 437 Å². The lowest BCUT2D eigenvalue weighted by molar-refractivity contribution is 0.483. The summed E-state index contributed by atoms with van der Waals surface area (Å²) >= 11 is 0. The Kier molecular flexibility index (Phi) is 10.9. The molecule has 73 heavy (non-hydrogen) atoms. The first-order valence-electron chi connectivity index (χ1n) is 27.0. The second-order valence-electron chi connectivity index (χ2n) is 22.8. The number of anilines is 4. The first kappa shape index (κ1) is 44.1. The van der Waals surface area contributed by atoms with Crippen LogP contribution in [0.25, 0.3) is 27.6 Å². The largest absolute Gasteiger partial charge is 0.457 e. The van der Waals surface area contributed by atoms with Crippen molar-refractivity contribution in [2.45, 2.75) is 85.4 Å². The molecule has 0 saturated carbocycles. The lowest BCUT2D eigenvalue weighted by Crippen LogP contribution is -2.74. The van der Waals surface area contributed by atoms with Gasteiger partial charge in [-0.05, 0) is 127 Å². The highest BCUT2D eigenvalue weighted by Gasteiger charge is 2.42. The van der Waals surface area contributed by atoms with Crippen LogP contribution in [0.2, 0.25) is 0 Å². The van der Waals surface area contributed by atoms with E-state index in [1.54, 1.807) is 6.07 Å². The molecule has 0 N–H and O–H groups in total. The van der Waals surface area contributed by atoms with Crippen molar-refractivity contribution in [1.82, 2.24) is 9.55 Å². The van der Waals surface area contributed by atoms with E-state index in [4.69, 9.17) is 13.8 Å². The molecule has 0 saturated heterocycles. The highest BCUT2D eigenvalue weighted by molar-refractivity contribution is 7.20. The van der Waals surface area contributed by atoms with Crippen LogP contribution >= 0.6 is 0 Å². The van der Waals surface area contributed by atoms with E-state index in [0.29, 0.717) is 29.4 Å². The zero-order valence-electron chi connectivity index (χ0n) is 46.5. The Morgan fingerprint density at radius 3 is 1.67 bits per heavy atom. The molecule has 10 aromatic rings. The van der Waals surface area contributed by atoms with Crippen LogP contribution in [0.4, 0.5) is 22.7 Å². The van der Waals surface area contributed by atoms with Crippen molar-refractivity contribution in [3.05, 3.63) is 229 Å². The number of nitrogens with zero attached hydrogens (tertiary/aromatic N) is 4. The number of aryl methyl sites for hydroxylation is 1. The van der Waals surface area contributed by atoms with Crippen LogP contribution in [0.1, 0.15) is 88.7 Å². The van der Waals surface area contributed by atoms with E-state index in [0.717, 1.165) is 44.7 Å².